The zero-order valence-corrected chi connectivity index (χ0v) is 15.5. The molecule has 9 fully saturated rings. The summed E-state index contributed by atoms with van der Waals surface area (Å²) in [6.07, 6.45) is 2.76. The van der Waals surface area contributed by atoms with Gasteiger partial charge >= 0.3 is 0 Å². The summed E-state index contributed by atoms with van der Waals surface area (Å²) >= 11 is 0. The summed E-state index contributed by atoms with van der Waals surface area (Å²) in [5.41, 5.74) is 1.37. The smallest absolute Gasteiger partial charge is 0.0679 e. The molecule has 0 aromatic heterocycles. The first-order chi connectivity index (χ1) is 11.4. The molecule has 3 heterocycles. The molecule has 138 valence electrons. The van der Waals surface area contributed by atoms with E-state index in [0.29, 0.717) is 18.0 Å². The Hall–Kier alpha value is -0.130. The standard InChI is InChI=1S/C20H27NO3.ClH/c1-8-3-19-6-10-15-18(2)4-9(22)5-20(15)16(19)14(24)11(8)13(23)12(19)17(20)21(10)7-18;/h9-17,22-24H,1,3-7H2,2H3;1H/t9-,10-,11-,12?,13-,14+,15+,16+,17?,18-,19-,20-;/m0./s1. The van der Waals surface area contributed by atoms with Crippen molar-refractivity contribution >= 4 is 12.4 Å². The predicted molar refractivity (Wildman–Crippen MR) is 94.1 cm³/mol. The fourth-order valence-electron chi connectivity index (χ4n) is 10.7. The molecule has 2 spiro atoms. The van der Waals surface area contributed by atoms with Crippen LogP contribution in [0.1, 0.15) is 32.6 Å². The van der Waals surface area contributed by atoms with Gasteiger partial charge in [-0.05, 0) is 53.8 Å². The summed E-state index contributed by atoms with van der Waals surface area (Å²) in [5.74, 6) is 1.02. The maximum absolute atomic E-state index is 11.3. The van der Waals surface area contributed by atoms with E-state index in [1.807, 2.05) is 0 Å². The van der Waals surface area contributed by atoms with Crippen molar-refractivity contribution in [2.45, 2.75) is 63.0 Å². The van der Waals surface area contributed by atoms with Gasteiger partial charge < -0.3 is 15.3 Å². The summed E-state index contributed by atoms with van der Waals surface area (Å²) in [5, 5.41) is 33.3. The van der Waals surface area contributed by atoms with Gasteiger partial charge in [0.25, 0.3) is 0 Å². The van der Waals surface area contributed by atoms with E-state index in [1.54, 1.807) is 0 Å². The Morgan fingerprint density at radius 3 is 2.60 bits per heavy atom. The molecular formula is C20H28ClNO3. The van der Waals surface area contributed by atoms with Gasteiger partial charge in [-0.3, -0.25) is 4.90 Å². The number of aliphatic hydroxyl groups is 3. The van der Waals surface area contributed by atoms with Gasteiger partial charge in [0.1, 0.15) is 0 Å². The highest BCUT2D eigenvalue weighted by molar-refractivity contribution is 5.85. The fourth-order valence-corrected chi connectivity index (χ4v) is 10.7. The fraction of sp³-hybridized carbons (Fsp3) is 0.900. The number of hydrogen-bond donors (Lipinski definition) is 3. The van der Waals surface area contributed by atoms with E-state index in [9.17, 15) is 15.3 Å². The molecule has 13 atom stereocenters. The number of fused-ring (bicyclic) bond motifs is 1. The van der Waals surface area contributed by atoms with Gasteiger partial charge in [-0.25, -0.2) is 0 Å². The van der Waals surface area contributed by atoms with Crippen LogP contribution in [0.25, 0.3) is 0 Å². The zero-order chi connectivity index (χ0) is 16.4. The van der Waals surface area contributed by atoms with Crippen LogP contribution in [0, 0.1) is 39.9 Å². The van der Waals surface area contributed by atoms with Crippen LogP contribution in [-0.2, 0) is 0 Å². The molecule has 9 bridgehead atoms. The van der Waals surface area contributed by atoms with Gasteiger partial charge in [0.05, 0.1) is 18.3 Å². The van der Waals surface area contributed by atoms with Crippen LogP contribution in [0.5, 0.6) is 0 Å². The van der Waals surface area contributed by atoms with Gasteiger partial charge in [-0.2, -0.15) is 0 Å². The van der Waals surface area contributed by atoms with E-state index in [0.717, 1.165) is 37.8 Å². The third-order valence-electron chi connectivity index (χ3n) is 10.1. The first-order valence-corrected chi connectivity index (χ1v) is 9.83. The second-order valence-corrected chi connectivity index (χ2v) is 10.8. The molecule has 0 aromatic carbocycles. The lowest BCUT2D eigenvalue weighted by molar-refractivity contribution is -0.213. The summed E-state index contributed by atoms with van der Waals surface area (Å²) < 4.78 is 0. The maximum Gasteiger partial charge on any atom is 0.0679 e. The Balaban J connectivity index is 0.00000129. The van der Waals surface area contributed by atoms with Gasteiger partial charge in [0.2, 0.25) is 0 Å². The third kappa shape index (κ3) is 1.22. The summed E-state index contributed by atoms with van der Waals surface area (Å²) in [4.78, 5) is 2.73. The van der Waals surface area contributed by atoms with E-state index in [-0.39, 0.29) is 52.5 Å². The lowest BCUT2D eigenvalue weighted by atomic mass is 9.39. The van der Waals surface area contributed by atoms with Crippen molar-refractivity contribution in [3.8, 4) is 0 Å². The summed E-state index contributed by atoms with van der Waals surface area (Å²) in [6.45, 7) is 7.72. The monoisotopic (exact) mass is 365 g/mol. The molecule has 9 rings (SSSR count). The van der Waals surface area contributed by atoms with Crippen LogP contribution in [0.15, 0.2) is 12.2 Å². The molecule has 4 nitrogen and oxygen atoms in total. The molecule has 6 saturated carbocycles. The Morgan fingerprint density at radius 1 is 1.08 bits per heavy atom. The number of hydrogen-bond acceptors (Lipinski definition) is 4. The molecule has 0 aromatic rings. The van der Waals surface area contributed by atoms with E-state index in [1.165, 1.54) is 0 Å². The number of aliphatic hydroxyl groups excluding tert-OH is 3. The van der Waals surface area contributed by atoms with Crippen LogP contribution >= 0.6 is 12.4 Å². The Labute approximate surface area is 154 Å². The van der Waals surface area contributed by atoms with Crippen molar-refractivity contribution in [1.29, 1.82) is 0 Å². The van der Waals surface area contributed by atoms with E-state index >= 15 is 0 Å². The highest BCUT2D eigenvalue weighted by Crippen LogP contribution is 2.86. The zero-order valence-electron chi connectivity index (χ0n) is 14.6. The SMILES string of the molecule is C=C1C[C@]23C[C@H]4[C@@H]5[C@@]6(C)C[C@H](O)C[C@]57C(C2[C@@H](O)[C@H]1[C@@H](O)[C@H]37)N4C6.Cl. The van der Waals surface area contributed by atoms with Gasteiger partial charge in [-0.15, -0.1) is 12.4 Å². The first kappa shape index (κ1) is 15.9. The minimum Gasteiger partial charge on any atom is -0.393 e. The maximum atomic E-state index is 11.3. The Kier molecular flexibility index (Phi) is 2.54. The van der Waals surface area contributed by atoms with Crippen LogP contribution in [0.4, 0.5) is 0 Å². The van der Waals surface area contributed by atoms with E-state index in [2.05, 4.69) is 18.4 Å². The average Bonchev–Trinajstić information content (AvgIpc) is 2.88. The minimum absolute atomic E-state index is 0. The molecule has 3 saturated heterocycles. The molecule has 6 aliphatic carbocycles. The quantitative estimate of drug-likeness (QED) is 0.564. The highest BCUT2D eigenvalue weighted by Gasteiger charge is 2.90. The number of nitrogens with zero attached hydrogens (tertiary/aromatic N) is 1. The molecular weight excluding hydrogens is 338 g/mol. The van der Waals surface area contributed by atoms with Crippen LogP contribution in [0.2, 0.25) is 0 Å². The Bertz CT molecular complexity index is 715. The van der Waals surface area contributed by atoms with Crippen molar-refractivity contribution in [2.75, 3.05) is 6.54 Å². The highest BCUT2D eigenvalue weighted by atomic mass is 35.5. The van der Waals surface area contributed by atoms with Gasteiger partial charge in [-0.1, -0.05) is 19.1 Å². The molecule has 25 heavy (non-hydrogen) atoms. The first-order valence-electron chi connectivity index (χ1n) is 9.83. The van der Waals surface area contributed by atoms with Crippen molar-refractivity contribution in [3.63, 3.8) is 0 Å². The molecule has 0 amide bonds. The molecule has 9 aliphatic rings. The summed E-state index contributed by atoms with van der Waals surface area (Å²) in [6, 6.07) is 0.999. The minimum atomic E-state index is -0.460. The molecule has 5 heteroatoms. The van der Waals surface area contributed by atoms with Crippen molar-refractivity contribution in [2.24, 2.45) is 39.9 Å². The molecule has 3 unspecified atom stereocenters. The number of halogens is 1. The van der Waals surface area contributed by atoms with Crippen LogP contribution in [-0.4, -0.2) is 57.2 Å². The second-order valence-electron chi connectivity index (χ2n) is 10.8. The lowest BCUT2D eigenvalue weighted by Gasteiger charge is -2.65. The van der Waals surface area contributed by atoms with Gasteiger partial charge in [0, 0.05) is 30.5 Å². The number of piperidine rings is 2. The van der Waals surface area contributed by atoms with Gasteiger partial charge in [0.15, 0.2) is 0 Å². The van der Waals surface area contributed by atoms with Crippen LogP contribution in [0.3, 0.4) is 0 Å². The van der Waals surface area contributed by atoms with Crippen molar-refractivity contribution in [3.05, 3.63) is 12.2 Å². The molecule has 3 aliphatic heterocycles. The average molecular weight is 366 g/mol. The largest absolute Gasteiger partial charge is 0.393 e. The second kappa shape index (κ2) is 4.00. The predicted octanol–water partition coefficient (Wildman–Crippen LogP) is 1.19. The van der Waals surface area contributed by atoms with E-state index in [4.69, 9.17) is 0 Å². The molecule has 3 N–H and O–H groups in total. The summed E-state index contributed by atoms with van der Waals surface area (Å²) in [7, 11) is 0. The van der Waals surface area contributed by atoms with Crippen molar-refractivity contribution in [1.82, 2.24) is 4.90 Å². The Morgan fingerprint density at radius 2 is 1.84 bits per heavy atom. The normalized spacial score (nSPS) is 73.0. The topological polar surface area (TPSA) is 63.9 Å². The van der Waals surface area contributed by atoms with E-state index < -0.39 is 12.2 Å². The van der Waals surface area contributed by atoms with Crippen LogP contribution < -0.4 is 0 Å². The number of rotatable bonds is 0. The third-order valence-corrected chi connectivity index (χ3v) is 10.1. The van der Waals surface area contributed by atoms with Crippen molar-refractivity contribution < 1.29 is 15.3 Å². The lowest BCUT2D eigenvalue weighted by Crippen LogP contribution is -2.67. The molecule has 0 radical (unpaired) electrons.